The van der Waals surface area contributed by atoms with Crippen molar-refractivity contribution in [3.8, 4) is 5.69 Å². The van der Waals surface area contributed by atoms with Crippen LogP contribution < -0.4 is 5.32 Å². The van der Waals surface area contributed by atoms with Gasteiger partial charge >= 0.3 is 0 Å². The second-order valence-electron chi connectivity index (χ2n) is 9.56. The lowest BCUT2D eigenvalue weighted by molar-refractivity contribution is -0.134. The number of amides is 2. The number of hydrogen-bond acceptors (Lipinski definition) is 3. The molecule has 6 heteroatoms. The number of rotatable bonds is 8. The highest BCUT2D eigenvalue weighted by atomic mass is 16.2. The van der Waals surface area contributed by atoms with Crippen molar-refractivity contribution < 1.29 is 9.59 Å². The van der Waals surface area contributed by atoms with E-state index >= 15 is 0 Å². The molecule has 0 aliphatic heterocycles. The SMILES string of the molecule is CCN(CC(=O)Nc1cc(C(C)(C)C)nn1-c1ccccc1)C(=O)CCC1CCCC1. The maximum atomic E-state index is 12.8. The van der Waals surface area contributed by atoms with Crippen molar-refractivity contribution in [2.75, 3.05) is 18.4 Å². The van der Waals surface area contributed by atoms with Crippen LogP contribution in [0.15, 0.2) is 36.4 Å². The Kier molecular flexibility index (Phi) is 7.52. The van der Waals surface area contributed by atoms with Crippen LogP contribution >= 0.6 is 0 Å². The molecular weight excluding hydrogens is 388 g/mol. The van der Waals surface area contributed by atoms with Gasteiger partial charge in [0.2, 0.25) is 11.8 Å². The average Bonchev–Trinajstić information content (AvgIpc) is 3.40. The van der Waals surface area contributed by atoms with Crippen molar-refractivity contribution in [3.63, 3.8) is 0 Å². The number of carbonyl (C=O) groups excluding carboxylic acids is 2. The van der Waals surface area contributed by atoms with E-state index in [0.29, 0.717) is 24.7 Å². The van der Waals surface area contributed by atoms with Crippen LogP contribution in [0.4, 0.5) is 5.82 Å². The summed E-state index contributed by atoms with van der Waals surface area (Å²) in [5.74, 6) is 1.16. The molecule has 1 aromatic carbocycles. The minimum atomic E-state index is -0.200. The van der Waals surface area contributed by atoms with E-state index < -0.39 is 0 Å². The summed E-state index contributed by atoms with van der Waals surface area (Å²) in [7, 11) is 0. The van der Waals surface area contributed by atoms with E-state index in [0.717, 1.165) is 17.8 Å². The highest BCUT2D eigenvalue weighted by molar-refractivity contribution is 5.94. The van der Waals surface area contributed by atoms with E-state index in [2.05, 4.69) is 26.1 Å². The van der Waals surface area contributed by atoms with Gasteiger partial charge in [-0.2, -0.15) is 5.10 Å². The minimum absolute atomic E-state index is 0.0603. The Morgan fingerprint density at radius 2 is 1.84 bits per heavy atom. The highest BCUT2D eigenvalue weighted by Crippen LogP contribution is 2.29. The number of para-hydroxylation sites is 1. The molecule has 31 heavy (non-hydrogen) atoms. The molecule has 1 aliphatic rings. The first kappa shape index (κ1) is 23.0. The van der Waals surface area contributed by atoms with Crippen LogP contribution in [0.5, 0.6) is 0 Å². The summed E-state index contributed by atoms with van der Waals surface area (Å²) in [5.41, 5.74) is 1.63. The van der Waals surface area contributed by atoms with Gasteiger partial charge < -0.3 is 10.2 Å². The molecule has 1 saturated carbocycles. The quantitative estimate of drug-likeness (QED) is 0.653. The lowest BCUT2D eigenvalue weighted by atomic mass is 9.92. The van der Waals surface area contributed by atoms with Crippen LogP contribution in [0.2, 0.25) is 0 Å². The van der Waals surface area contributed by atoms with Gasteiger partial charge in [-0.15, -0.1) is 0 Å². The third-order valence-electron chi connectivity index (χ3n) is 6.06. The topological polar surface area (TPSA) is 67.2 Å². The lowest BCUT2D eigenvalue weighted by Gasteiger charge is -2.21. The van der Waals surface area contributed by atoms with Gasteiger partial charge in [-0.25, -0.2) is 4.68 Å². The Labute approximate surface area is 186 Å². The Morgan fingerprint density at radius 1 is 1.16 bits per heavy atom. The molecule has 0 radical (unpaired) electrons. The van der Waals surface area contributed by atoms with E-state index in [1.165, 1.54) is 25.7 Å². The van der Waals surface area contributed by atoms with Crippen LogP contribution in [0.3, 0.4) is 0 Å². The maximum Gasteiger partial charge on any atom is 0.245 e. The molecule has 2 amide bonds. The summed E-state index contributed by atoms with van der Waals surface area (Å²) in [6.07, 6.45) is 6.50. The predicted octanol–water partition coefficient (Wildman–Crippen LogP) is 4.93. The number of benzene rings is 1. The number of hydrogen-bond donors (Lipinski definition) is 1. The molecule has 1 fully saturated rings. The van der Waals surface area contributed by atoms with Crippen molar-refractivity contribution in [2.24, 2.45) is 5.92 Å². The molecule has 1 aliphatic carbocycles. The van der Waals surface area contributed by atoms with Gasteiger partial charge in [0, 0.05) is 24.4 Å². The van der Waals surface area contributed by atoms with Crippen LogP contribution in [-0.4, -0.2) is 39.6 Å². The van der Waals surface area contributed by atoms with Crippen molar-refractivity contribution >= 4 is 17.6 Å². The second-order valence-corrected chi connectivity index (χ2v) is 9.56. The molecular formula is C25H36N4O2. The van der Waals surface area contributed by atoms with Gasteiger partial charge in [-0.3, -0.25) is 9.59 Å². The van der Waals surface area contributed by atoms with Crippen molar-refractivity contribution in [1.82, 2.24) is 14.7 Å². The van der Waals surface area contributed by atoms with Gasteiger partial charge in [0.1, 0.15) is 5.82 Å². The normalized spacial score (nSPS) is 14.6. The van der Waals surface area contributed by atoms with E-state index in [1.807, 2.05) is 43.3 Å². The number of nitrogens with zero attached hydrogens (tertiary/aromatic N) is 3. The molecule has 168 valence electrons. The third kappa shape index (κ3) is 6.18. The zero-order chi connectivity index (χ0) is 22.4. The maximum absolute atomic E-state index is 12.8. The summed E-state index contributed by atoms with van der Waals surface area (Å²) in [6, 6.07) is 11.7. The lowest BCUT2D eigenvalue weighted by Crippen LogP contribution is -2.38. The van der Waals surface area contributed by atoms with Crippen LogP contribution in [0, 0.1) is 5.92 Å². The molecule has 1 aromatic heterocycles. The van der Waals surface area contributed by atoms with E-state index in [-0.39, 0.29) is 23.8 Å². The molecule has 3 rings (SSSR count). The number of aromatic nitrogens is 2. The number of anilines is 1. The summed E-state index contributed by atoms with van der Waals surface area (Å²) < 4.78 is 1.76. The third-order valence-corrected chi connectivity index (χ3v) is 6.06. The Hall–Kier alpha value is -2.63. The Morgan fingerprint density at radius 3 is 2.45 bits per heavy atom. The molecule has 1 N–H and O–H groups in total. The zero-order valence-electron chi connectivity index (χ0n) is 19.4. The molecule has 6 nitrogen and oxygen atoms in total. The van der Waals surface area contributed by atoms with Gasteiger partial charge in [0.05, 0.1) is 17.9 Å². The molecule has 1 heterocycles. The minimum Gasteiger partial charge on any atom is -0.334 e. The van der Waals surface area contributed by atoms with Gasteiger partial charge in [-0.1, -0.05) is 64.7 Å². The number of nitrogens with one attached hydrogen (secondary N) is 1. The molecule has 0 bridgehead atoms. The molecule has 0 spiro atoms. The van der Waals surface area contributed by atoms with Gasteiger partial charge in [0.15, 0.2) is 0 Å². The van der Waals surface area contributed by atoms with E-state index in [9.17, 15) is 9.59 Å². The van der Waals surface area contributed by atoms with Crippen molar-refractivity contribution in [2.45, 2.75) is 71.6 Å². The fourth-order valence-corrected chi connectivity index (χ4v) is 4.12. The van der Waals surface area contributed by atoms with Gasteiger partial charge in [0.25, 0.3) is 0 Å². The molecule has 0 saturated heterocycles. The van der Waals surface area contributed by atoms with Gasteiger partial charge in [-0.05, 0) is 31.4 Å². The van der Waals surface area contributed by atoms with Crippen molar-refractivity contribution in [3.05, 3.63) is 42.1 Å². The van der Waals surface area contributed by atoms with Crippen molar-refractivity contribution in [1.29, 1.82) is 0 Å². The molecule has 0 unspecified atom stereocenters. The summed E-state index contributed by atoms with van der Waals surface area (Å²) in [4.78, 5) is 27.2. The molecule has 2 aromatic rings. The van der Waals surface area contributed by atoms with Crippen LogP contribution in [-0.2, 0) is 15.0 Å². The zero-order valence-corrected chi connectivity index (χ0v) is 19.4. The smallest absolute Gasteiger partial charge is 0.245 e. The summed E-state index contributed by atoms with van der Waals surface area (Å²) in [5, 5.41) is 7.72. The van der Waals surface area contributed by atoms with Crippen LogP contribution in [0.1, 0.15) is 71.9 Å². The summed E-state index contributed by atoms with van der Waals surface area (Å²) >= 11 is 0. The largest absolute Gasteiger partial charge is 0.334 e. The Bertz CT molecular complexity index is 877. The standard InChI is InChI=1S/C25H36N4O2/c1-5-28(24(31)16-15-19-11-9-10-12-19)18-23(30)26-22-17-21(25(2,3)4)27-29(22)20-13-7-6-8-14-20/h6-8,13-14,17,19H,5,9-12,15-16,18H2,1-4H3,(H,26,30). The van der Waals surface area contributed by atoms with E-state index in [4.69, 9.17) is 5.10 Å². The van der Waals surface area contributed by atoms with E-state index in [1.54, 1.807) is 9.58 Å². The number of carbonyl (C=O) groups is 2. The first-order chi connectivity index (χ1) is 14.8. The number of likely N-dealkylation sites (N-methyl/N-ethyl adjacent to an activating group) is 1. The first-order valence-corrected chi connectivity index (χ1v) is 11.5. The fourth-order valence-electron chi connectivity index (χ4n) is 4.12. The predicted molar refractivity (Wildman–Crippen MR) is 124 cm³/mol. The average molecular weight is 425 g/mol. The fraction of sp³-hybridized carbons (Fsp3) is 0.560. The monoisotopic (exact) mass is 424 g/mol. The Balaban J connectivity index is 1.68. The second kappa shape index (κ2) is 10.1. The first-order valence-electron chi connectivity index (χ1n) is 11.5. The van der Waals surface area contributed by atoms with Crippen LogP contribution in [0.25, 0.3) is 5.69 Å². The summed E-state index contributed by atoms with van der Waals surface area (Å²) in [6.45, 7) is 8.80. The molecule has 0 atom stereocenters. The highest BCUT2D eigenvalue weighted by Gasteiger charge is 2.23.